The van der Waals surface area contributed by atoms with Crippen LogP contribution in [0.3, 0.4) is 0 Å². The maximum absolute atomic E-state index is 12.8. The Bertz CT molecular complexity index is 1820. The van der Waals surface area contributed by atoms with Gasteiger partial charge in [-0.3, -0.25) is 14.9 Å². The highest BCUT2D eigenvalue weighted by molar-refractivity contribution is 7.89. The summed E-state index contributed by atoms with van der Waals surface area (Å²) in [6.45, 7) is 2.02. The van der Waals surface area contributed by atoms with Gasteiger partial charge in [0.1, 0.15) is 6.04 Å². The molecule has 1 atom stereocenters. The highest BCUT2D eigenvalue weighted by atomic mass is 32.2. The third-order valence-corrected chi connectivity index (χ3v) is 7.27. The van der Waals surface area contributed by atoms with Crippen molar-refractivity contribution in [3.8, 4) is 0 Å². The molecule has 6 rings (SSSR count). The maximum atomic E-state index is 12.8. The van der Waals surface area contributed by atoms with Gasteiger partial charge in [-0.05, 0) is 42.8 Å². The first-order valence-corrected chi connectivity index (χ1v) is 12.8. The Hall–Kier alpha value is -4.35. The van der Waals surface area contributed by atoms with E-state index >= 15 is 0 Å². The Labute approximate surface area is 205 Å². The number of anilines is 1. The number of sulfonamides is 1. The van der Waals surface area contributed by atoms with Crippen molar-refractivity contribution in [2.24, 2.45) is 10.2 Å². The number of H-pyrrole nitrogens is 1. The number of aryl methyl sites for hydroxylation is 1. The molecule has 1 aliphatic heterocycles. The van der Waals surface area contributed by atoms with E-state index in [1.165, 1.54) is 12.1 Å². The van der Waals surface area contributed by atoms with Crippen LogP contribution in [0.15, 0.2) is 87.6 Å². The van der Waals surface area contributed by atoms with E-state index in [1.807, 2.05) is 43.3 Å². The van der Waals surface area contributed by atoms with Crippen LogP contribution >= 0.6 is 0 Å². The number of aromatic nitrogens is 4. The molecule has 0 radical (unpaired) electrons. The van der Waals surface area contributed by atoms with Crippen LogP contribution < -0.4 is 15.7 Å². The lowest BCUT2D eigenvalue weighted by Crippen LogP contribution is -2.23. The van der Waals surface area contributed by atoms with Gasteiger partial charge in [0, 0.05) is 11.8 Å². The fourth-order valence-corrected chi connectivity index (χ4v) is 5.01. The molecular formula is C25H21N7O3S. The van der Waals surface area contributed by atoms with Crippen LogP contribution in [0.25, 0.3) is 16.4 Å². The minimum Gasteiger partial charge on any atom is -0.267 e. The lowest BCUT2D eigenvalue weighted by Gasteiger charge is -2.22. The number of hydrogen-bond donors (Lipinski definition) is 2. The van der Waals surface area contributed by atoms with Crippen molar-refractivity contribution in [3.05, 3.63) is 100 Å². The van der Waals surface area contributed by atoms with Gasteiger partial charge in [0.15, 0.2) is 11.5 Å². The number of primary sulfonamides is 1. The Balaban J connectivity index is 1.50. The summed E-state index contributed by atoms with van der Waals surface area (Å²) >= 11 is 0. The van der Waals surface area contributed by atoms with E-state index in [9.17, 15) is 13.2 Å². The second-order valence-corrected chi connectivity index (χ2v) is 10.3. The quantitative estimate of drug-likeness (QED) is 0.390. The monoisotopic (exact) mass is 499 g/mol. The first kappa shape index (κ1) is 22.1. The molecule has 1 unspecified atom stereocenters. The third-order valence-electron chi connectivity index (χ3n) is 6.34. The van der Waals surface area contributed by atoms with E-state index in [-0.39, 0.29) is 10.5 Å². The summed E-state index contributed by atoms with van der Waals surface area (Å²) in [6, 6.07) is 21.1. The number of aromatic amines is 1. The van der Waals surface area contributed by atoms with Gasteiger partial charge in [0.25, 0.3) is 5.56 Å². The molecule has 0 fully saturated rings. The lowest BCUT2D eigenvalue weighted by molar-refractivity contribution is 0.597. The molecular weight excluding hydrogens is 478 g/mol. The van der Waals surface area contributed by atoms with Gasteiger partial charge in [-0.1, -0.05) is 48.0 Å². The second kappa shape index (κ2) is 8.11. The summed E-state index contributed by atoms with van der Waals surface area (Å²) in [5.74, 6) is 0.509. The fourth-order valence-electron chi connectivity index (χ4n) is 4.49. The first-order valence-electron chi connectivity index (χ1n) is 11.2. The molecule has 1 aliphatic rings. The standard InChI is InChI=1S/C25H21N7O3S/c1-15-6-8-16(9-7-15)21-14-22(31(29-21)17-10-12-18(13-11-17)36(26,34)35)24-28-27-23-19-4-2-3-5-20(19)25(33)30-32(23)24/h2-13,22H,14H2,1H3,(H,30,33)(H2,26,34,35). The van der Waals surface area contributed by atoms with Gasteiger partial charge in [-0.15, -0.1) is 10.2 Å². The molecule has 0 bridgehead atoms. The largest absolute Gasteiger partial charge is 0.270 e. The highest BCUT2D eigenvalue weighted by Crippen LogP contribution is 2.36. The zero-order valence-corrected chi connectivity index (χ0v) is 20.0. The molecule has 10 nitrogen and oxygen atoms in total. The summed E-state index contributed by atoms with van der Waals surface area (Å²) in [5, 5.41) is 24.9. The predicted molar refractivity (Wildman–Crippen MR) is 136 cm³/mol. The van der Waals surface area contributed by atoms with Crippen molar-refractivity contribution < 1.29 is 8.42 Å². The molecule has 5 aromatic rings. The minimum absolute atomic E-state index is 0.00784. The molecule has 11 heteroatoms. The van der Waals surface area contributed by atoms with E-state index in [4.69, 9.17) is 10.2 Å². The van der Waals surface area contributed by atoms with Crippen molar-refractivity contribution in [2.45, 2.75) is 24.3 Å². The van der Waals surface area contributed by atoms with Gasteiger partial charge < -0.3 is 0 Å². The Morgan fingerprint density at radius 2 is 1.64 bits per heavy atom. The maximum Gasteiger partial charge on any atom is 0.270 e. The Morgan fingerprint density at radius 3 is 2.33 bits per heavy atom. The minimum atomic E-state index is -3.83. The van der Waals surface area contributed by atoms with Gasteiger partial charge in [0.05, 0.1) is 21.7 Å². The molecule has 3 aromatic carbocycles. The summed E-state index contributed by atoms with van der Waals surface area (Å²) in [7, 11) is -3.83. The molecule has 0 aliphatic carbocycles. The number of hydrogen-bond acceptors (Lipinski definition) is 7. The van der Waals surface area contributed by atoms with E-state index in [0.29, 0.717) is 34.4 Å². The molecule has 3 heterocycles. The van der Waals surface area contributed by atoms with Gasteiger partial charge >= 0.3 is 0 Å². The Morgan fingerprint density at radius 1 is 0.944 bits per heavy atom. The van der Waals surface area contributed by atoms with Crippen LogP contribution in [0.2, 0.25) is 0 Å². The van der Waals surface area contributed by atoms with Crippen molar-refractivity contribution in [1.29, 1.82) is 0 Å². The lowest BCUT2D eigenvalue weighted by atomic mass is 10.0. The van der Waals surface area contributed by atoms with Crippen LogP contribution in [0, 0.1) is 6.92 Å². The van der Waals surface area contributed by atoms with Crippen LogP contribution in [0.5, 0.6) is 0 Å². The second-order valence-electron chi connectivity index (χ2n) is 8.72. The smallest absolute Gasteiger partial charge is 0.267 e. The average molecular weight is 500 g/mol. The van der Waals surface area contributed by atoms with Crippen molar-refractivity contribution >= 4 is 37.8 Å². The molecule has 0 amide bonds. The number of fused-ring (bicyclic) bond motifs is 3. The number of hydrazone groups is 1. The average Bonchev–Trinajstić information content (AvgIpc) is 3.49. The van der Waals surface area contributed by atoms with Crippen molar-refractivity contribution in [2.75, 3.05) is 5.01 Å². The highest BCUT2D eigenvalue weighted by Gasteiger charge is 2.34. The summed E-state index contributed by atoms with van der Waals surface area (Å²) in [4.78, 5) is 12.8. The molecule has 2 aromatic heterocycles. The van der Waals surface area contributed by atoms with Gasteiger partial charge in [-0.25, -0.2) is 18.1 Å². The normalized spacial score (nSPS) is 16.1. The summed E-state index contributed by atoms with van der Waals surface area (Å²) in [5.41, 5.74) is 3.86. The van der Waals surface area contributed by atoms with E-state index < -0.39 is 16.1 Å². The third kappa shape index (κ3) is 3.65. The molecule has 3 N–H and O–H groups in total. The fraction of sp³-hybridized carbons (Fsp3) is 0.120. The molecule has 0 saturated carbocycles. The SMILES string of the molecule is Cc1ccc(C2=NN(c3ccc(S(N)(=O)=O)cc3)C(c3nnc4c5ccccc5c(=O)[nH]n34)C2)cc1. The molecule has 180 valence electrons. The predicted octanol–water partition coefficient (Wildman–Crippen LogP) is 2.88. The number of nitrogens with zero attached hydrogens (tertiary/aromatic N) is 5. The Kier molecular flexibility index (Phi) is 4.99. The van der Waals surface area contributed by atoms with Gasteiger partial charge in [0.2, 0.25) is 10.0 Å². The summed E-state index contributed by atoms with van der Waals surface area (Å²) < 4.78 is 25.1. The van der Waals surface area contributed by atoms with Crippen molar-refractivity contribution in [1.82, 2.24) is 19.8 Å². The molecule has 0 spiro atoms. The van der Waals surface area contributed by atoms with Gasteiger partial charge in [-0.2, -0.15) is 5.10 Å². The van der Waals surface area contributed by atoms with E-state index in [0.717, 1.165) is 16.8 Å². The first-order chi connectivity index (χ1) is 17.3. The molecule has 36 heavy (non-hydrogen) atoms. The van der Waals surface area contributed by atoms with Crippen LogP contribution in [0.4, 0.5) is 5.69 Å². The zero-order valence-electron chi connectivity index (χ0n) is 19.2. The molecule has 0 saturated heterocycles. The zero-order chi connectivity index (χ0) is 25.0. The van der Waals surface area contributed by atoms with Crippen LogP contribution in [-0.4, -0.2) is 33.9 Å². The topological polar surface area (TPSA) is 139 Å². The number of benzene rings is 3. The number of nitrogens with one attached hydrogen (secondary N) is 1. The van der Waals surface area contributed by atoms with E-state index in [1.54, 1.807) is 33.8 Å². The van der Waals surface area contributed by atoms with Crippen molar-refractivity contribution in [3.63, 3.8) is 0 Å². The van der Waals surface area contributed by atoms with E-state index in [2.05, 4.69) is 15.3 Å². The number of nitrogens with two attached hydrogens (primary N) is 1. The van der Waals surface area contributed by atoms with Crippen LogP contribution in [-0.2, 0) is 10.0 Å². The van der Waals surface area contributed by atoms with Crippen LogP contribution in [0.1, 0.15) is 29.4 Å². The number of rotatable bonds is 4. The summed E-state index contributed by atoms with van der Waals surface area (Å²) in [6.07, 6.45) is 0.496.